The lowest BCUT2D eigenvalue weighted by atomic mass is 9.90. The van der Waals surface area contributed by atoms with Crippen molar-refractivity contribution in [2.24, 2.45) is 0 Å². The van der Waals surface area contributed by atoms with Gasteiger partial charge < -0.3 is 20.0 Å². The number of thiophene rings is 1. The summed E-state index contributed by atoms with van der Waals surface area (Å²) in [5.74, 6) is 0.00215. The van der Waals surface area contributed by atoms with Gasteiger partial charge in [-0.3, -0.25) is 9.59 Å². The molecule has 2 amide bonds. The van der Waals surface area contributed by atoms with E-state index in [9.17, 15) is 9.59 Å². The molecule has 1 aliphatic carbocycles. The molecule has 3 aliphatic rings. The number of hydrogen-bond donors (Lipinski definition) is 1. The molecule has 0 radical (unpaired) electrons. The molecular formula is C27H42N4O2S. The Kier molecular flexibility index (Phi) is 8.35. The molecule has 2 aliphatic heterocycles. The van der Waals surface area contributed by atoms with Crippen molar-refractivity contribution in [2.75, 3.05) is 33.2 Å². The van der Waals surface area contributed by atoms with Crippen molar-refractivity contribution < 1.29 is 9.59 Å². The molecule has 2 fully saturated rings. The van der Waals surface area contributed by atoms with Crippen LogP contribution in [-0.2, 0) is 16.1 Å². The summed E-state index contributed by atoms with van der Waals surface area (Å²) in [6.07, 6.45) is 12.6. The molecular weight excluding hydrogens is 444 g/mol. The fourth-order valence-electron chi connectivity index (χ4n) is 5.59. The second kappa shape index (κ2) is 11.3. The number of unbranched alkanes of at least 4 members (excludes halogenated alkanes) is 2. The minimum Gasteiger partial charge on any atom is -0.360 e. The van der Waals surface area contributed by atoms with Gasteiger partial charge in [0, 0.05) is 30.6 Å². The number of likely N-dealkylation sites (N-methyl/N-ethyl adjacent to an activating group) is 1. The lowest BCUT2D eigenvalue weighted by Crippen LogP contribution is -2.69. The minimum atomic E-state index is -0.876. The molecule has 0 bridgehead atoms. The highest BCUT2D eigenvalue weighted by Crippen LogP contribution is 2.36. The SMILES string of the molecule is CCCCCN(C)CCN1C(=O)C2=Cc3sccc3CN2CC1(C)C(=O)NC1CCCCCC1. The number of fused-ring (bicyclic) bond motifs is 2. The average molecular weight is 487 g/mol. The van der Waals surface area contributed by atoms with Gasteiger partial charge in [0.15, 0.2) is 0 Å². The van der Waals surface area contributed by atoms with Crippen LogP contribution in [0.15, 0.2) is 17.1 Å². The Hall–Kier alpha value is -1.86. The van der Waals surface area contributed by atoms with Crippen LogP contribution >= 0.6 is 11.3 Å². The summed E-state index contributed by atoms with van der Waals surface area (Å²) in [7, 11) is 2.12. The smallest absolute Gasteiger partial charge is 0.271 e. The monoisotopic (exact) mass is 486 g/mol. The van der Waals surface area contributed by atoms with Gasteiger partial charge in [0.25, 0.3) is 5.91 Å². The number of carbonyl (C=O) groups excluding carboxylic acids is 2. The van der Waals surface area contributed by atoms with E-state index in [4.69, 9.17) is 0 Å². The van der Waals surface area contributed by atoms with E-state index in [0.717, 1.165) is 31.6 Å². The predicted molar refractivity (Wildman–Crippen MR) is 139 cm³/mol. The van der Waals surface area contributed by atoms with E-state index in [-0.39, 0.29) is 17.9 Å². The third kappa shape index (κ3) is 5.51. The van der Waals surface area contributed by atoms with E-state index >= 15 is 0 Å². The molecule has 188 valence electrons. The number of nitrogens with one attached hydrogen (secondary N) is 1. The van der Waals surface area contributed by atoms with Gasteiger partial charge in [0.1, 0.15) is 11.2 Å². The van der Waals surface area contributed by atoms with Crippen LogP contribution in [-0.4, -0.2) is 71.3 Å². The highest BCUT2D eigenvalue weighted by atomic mass is 32.1. The van der Waals surface area contributed by atoms with Crippen LogP contribution in [0.4, 0.5) is 0 Å². The maximum absolute atomic E-state index is 13.9. The Morgan fingerprint density at radius 3 is 2.71 bits per heavy atom. The van der Waals surface area contributed by atoms with E-state index in [1.807, 2.05) is 17.9 Å². The van der Waals surface area contributed by atoms with E-state index in [1.54, 1.807) is 11.3 Å². The molecule has 1 N–H and O–H groups in total. The van der Waals surface area contributed by atoms with Gasteiger partial charge in [0.2, 0.25) is 5.91 Å². The summed E-state index contributed by atoms with van der Waals surface area (Å²) in [5, 5.41) is 5.46. The maximum Gasteiger partial charge on any atom is 0.271 e. The molecule has 7 heteroatoms. The largest absolute Gasteiger partial charge is 0.360 e. The fourth-order valence-corrected chi connectivity index (χ4v) is 6.43. The molecule has 0 aromatic carbocycles. The molecule has 1 unspecified atom stereocenters. The van der Waals surface area contributed by atoms with Gasteiger partial charge in [-0.1, -0.05) is 45.4 Å². The number of nitrogens with zero attached hydrogens (tertiary/aromatic N) is 3. The summed E-state index contributed by atoms with van der Waals surface area (Å²) < 4.78 is 0. The van der Waals surface area contributed by atoms with Crippen LogP contribution in [0.3, 0.4) is 0 Å². The molecule has 1 atom stereocenters. The standard InChI is InChI=1S/C27H42N4O2S/c1-4-5-10-14-29(3)15-16-31-25(32)23-18-24-21(13-17-34-24)19-30(23)20-27(31,2)26(33)28-22-11-8-6-7-9-12-22/h13,17-18,22H,4-12,14-16,19-20H2,1-3H3,(H,28,33). The summed E-state index contributed by atoms with van der Waals surface area (Å²) >= 11 is 1.68. The summed E-state index contributed by atoms with van der Waals surface area (Å²) in [6.45, 7) is 7.80. The number of piperazine rings is 1. The topological polar surface area (TPSA) is 55.9 Å². The summed E-state index contributed by atoms with van der Waals surface area (Å²) in [6, 6.07) is 2.36. The molecule has 34 heavy (non-hydrogen) atoms. The van der Waals surface area contributed by atoms with Crippen molar-refractivity contribution in [3.05, 3.63) is 27.6 Å². The quantitative estimate of drug-likeness (QED) is 0.413. The minimum absolute atomic E-state index is 0.00854. The molecule has 3 heterocycles. The first kappa shape index (κ1) is 25.2. The number of amides is 2. The molecule has 1 saturated carbocycles. The zero-order valence-electron chi connectivity index (χ0n) is 21.3. The molecule has 1 aromatic rings. The lowest BCUT2D eigenvalue weighted by molar-refractivity contribution is -0.152. The zero-order chi connectivity index (χ0) is 24.1. The predicted octanol–water partition coefficient (Wildman–Crippen LogP) is 4.47. The van der Waals surface area contributed by atoms with Gasteiger partial charge in [-0.15, -0.1) is 11.3 Å². The third-order valence-electron chi connectivity index (χ3n) is 7.84. The van der Waals surface area contributed by atoms with E-state index in [1.165, 1.54) is 55.4 Å². The Balaban J connectivity index is 1.54. The van der Waals surface area contributed by atoms with Crippen molar-refractivity contribution in [1.82, 2.24) is 20.0 Å². The Bertz CT molecular complexity index is 889. The zero-order valence-corrected chi connectivity index (χ0v) is 22.1. The van der Waals surface area contributed by atoms with Crippen molar-refractivity contribution >= 4 is 29.2 Å². The molecule has 0 spiro atoms. The first-order chi connectivity index (χ1) is 16.4. The number of rotatable bonds is 9. The second-order valence-corrected chi connectivity index (χ2v) is 11.5. The fraction of sp³-hybridized carbons (Fsp3) is 0.704. The Morgan fingerprint density at radius 1 is 1.21 bits per heavy atom. The van der Waals surface area contributed by atoms with Gasteiger partial charge in [-0.2, -0.15) is 0 Å². The Labute approximate surface area is 209 Å². The number of hydrogen-bond acceptors (Lipinski definition) is 5. The van der Waals surface area contributed by atoms with Crippen molar-refractivity contribution in [1.29, 1.82) is 0 Å². The van der Waals surface area contributed by atoms with Crippen molar-refractivity contribution in [3.63, 3.8) is 0 Å². The van der Waals surface area contributed by atoms with Crippen LogP contribution < -0.4 is 5.32 Å². The molecule has 1 aromatic heterocycles. The Morgan fingerprint density at radius 2 is 1.97 bits per heavy atom. The molecule has 1 saturated heterocycles. The third-order valence-corrected chi connectivity index (χ3v) is 8.74. The second-order valence-electron chi connectivity index (χ2n) is 10.6. The average Bonchev–Trinajstić information content (AvgIpc) is 3.11. The summed E-state index contributed by atoms with van der Waals surface area (Å²) in [4.78, 5) is 35.1. The molecule has 6 nitrogen and oxygen atoms in total. The van der Waals surface area contributed by atoms with E-state index in [0.29, 0.717) is 19.6 Å². The highest BCUT2D eigenvalue weighted by Gasteiger charge is 2.50. The highest BCUT2D eigenvalue weighted by molar-refractivity contribution is 7.11. The first-order valence-corrected chi connectivity index (χ1v) is 14.1. The van der Waals surface area contributed by atoms with Gasteiger partial charge in [0.05, 0.1) is 6.54 Å². The van der Waals surface area contributed by atoms with Crippen LogP contribution in [0, 0.1) is 0 Å². The first-order valence-electron chi connectivity index (χ1n) is 13.3. The van der Waals surface area contributed by atoms with Crippen LogP contribution in [0.5, 0.6) is 0 Å². The summed E-state index contributed by atoms with van der Waals surface area (Å²) in [5.41, 5.74) is 1.11. The van der Waals surface area contributed by atoms with Crippen molar-refractivity contribution in [3.8, 4) is 0 Å². The normalized spacial score (nSPS) is 23.4. The lowest BCUT2D eigenvalue weighted by Gasteiger charge is -2.50. The van der Waals surface area contributed by atoms with Crippen LogP contribution in [0.25, 0.3) is 6.08 Å². The van der Waals surface area contributed by atoms with Crippen LogP contribution in [0.1, 0.15) is 82.1 Å². The van der Waals surface area contributed by atoms with E-state index < -0.39 is 5.54 Å². The molecule has 4 rings (SSSR count). The van der Waals surface area contributed by atoms with E-state index in [2.05, 4.69) is 40.5 Å². The van der Waals surface area contributed by atoms with Gasteiger partial charge >= 0.3 is 0 Å². The number of carbonyl (C=O) groups is 2. The van der Waals surface area contributed by atoms with Gasteiger partial charge in [-0.05, 0) is 62.9 Å². The van der Waals surface area contributed by atoms with Crippen molar-refractivity contribution in [2.45, 2.75) is 89.8 Å². The maximum atomic E-state index is 13.9. The van der Waals surface area contributed by atoms with Gasteiger partial charge in [-0.25, -0.2) is 0 Å². The van der Waals surface area contributed by atoms with Crippen LogP contribution in [0.2, 0.25) is 0 Å².